The molecule has 0 amide bonds. The minimum atomic E-state index is -0.631. The normalized spacial score (nSPS) is 8.57. The number of aromatic nitrogens is 5. The molecule has 0 atom stereocenters. The van der Waals surface area contributed by atoms with Crippen LogP contribution in [0.2, 0.25) is 0 Å². The summed E-state index contributed by atoms with van der Waals surface area (Å²) in [6, 6.07) is 1.78. The van der Waals surface area contributed by atoms with Crippen LogP contribution < -0.4 is 11.4 Å². The molecule has 7 heteroatoms. The van der Waals surface area contributed by atoms with Gasteiger partial charge in [-0.3, -0.25) is 9.97 Å². The van der Waals surface area contributed by atoms with Gasteiger partial charge in [0.15, 0.2) is 0 Å². The summed E-state index contributed by atoms with van der Waals surface area (Å²) in [4.78, 5) is 34.8. The molecule has 2 heterocycles. The first-order valence-corrected chi connectivity index (χ1v) is 3.63. The maximum Gasteiger partial charge on any atom is 0.350 e. The minimum Gasteiger partial charge on any atom is -0.298 e. The lowest BCUT2D eigenvalue weighted by Gasteiger charge is -1.74. The van der Waals surface area contributed by atoms with E-state index >= 15 is 0 Å². The maximum atomic E-state index is 10.1. The molecule has 2 N–H and O–H groups in total. The first-order chi connectivity index (χ1) is 6.79. The standard InChI is InChI=1S/C4H4N2.C3H3N3O2/c1-2-5-4-6-3-1;7-2-4-1-5-3(8)6-2/h1-4H;1H,(H2,4,5,6,7,8). The molecule has 2 aromatic rings. The molecule has 0 saturated heterocycles. The second-order valence-corrected chi connectivity index (χ2v) is 2.07. The largest absolute Gasteiger partial charge is 0.350 e. The van der Waals surface area contributed by atoms with Crippen molar-refractivity contribution in [3.63, 3.8) is 0 Å². The van der Waals surface area contributed by atoms with E-state index in [0.29, 0.717) is 0 Å². The minimum absolute atomic E-state index is 0.537. The lowest BCUT2D eigenvalue weighted by Crippen LogP contribution is -2.22. The van der Waals surface area contributed by atoms with Crippen molar-refractivity contribution >= 4 is 0 Å². The first kappa shape index (κ1) is 9.78. The van der Waals surface area contributed by atoms with Gasteiger partial charge in [0.1, 0.15) is 12.7 Å². The van der Waals surface area contributed by atoms with E-state index in [4.69, 9.17) is 0 Å². The highest BCUT2D eigenvalue weighted by atomic mass is 16.2. The molecule has 14 heavy (non-hydrogen) atoms. The average Bonchev–Trinajstić information content (AvgIpc) is 2.21. The van der Waals surface area contributed by atoms with Crippen molar-refractivity contribution in [1.29, 1.82) is 0 Å². The SMILES string of the molecule is O=c1nc[nH]c(=O)[nH]1.c1cncnc1. The van der Waals surface area contributed by atoms with Crippen molar-refractivity contribution in [3.8, 4) is 0 Å². The van der Waals surface area contributed by atoms with Gasteiger partial charge in [-0.1, -0.05) is 0 Å². The van der Waals surface area contributed by atoms with Gasteiger partial charge in [-0.25, -0.2) is 19.6 Å². The molecule has 7 nitrogen and oxygen atoms in total. The Balaban J connectivity index is 0.000000146. The van der Waals surface area contributed by atoms with Crippen molar-refractivity contribution in [2.45, 2.75) is 0 Å². The Bertz CT molecular complexity index is 411. The van der Waals surface area contributed by atoms with Gasteiger partial charge in [0.2, 0.25) is 0 Å². The third-order valence-electron chi connectivity index (χ3n) is 1.08. The molecule has 0 radical (unpaired) electrons. The Morgan fingerprint density at radius 1 is 1.14 bits per heavy atom. The Kier molecular flexibility index (Phi) is 3.74. The lowest BCUT2D eigenvalue weighted by molar-refractivity contribution is 0.933. The number of rotatable bonds is 0. The Morgan fingerprint density at radius 3 is 2.14 bits per heavy atom. The molecular formula is C7H7N5O2. The highest BCUT2D eigenvalue weighted by Crippen LogP contribution is 1.66. The molecule has 0 bridgehead atoms. The fourth-order valence-corrected chi connectivity index (χ4v) is 0.568. The van der Waals surface area contributed by atoms with Crippen LogP contribution in [0.25, 0.3) is 0 Å². The zero-order valence-corrected chi connectivity index (χ0v) is 7.04. The molecule has 0 spiro atoms. The van der Waals surface area contributed by atoms with Crippen LogP contribution in [0.4, 0.5) is 0 Å². The van der Waals surface area contributed by atoms with Crippen molar-refractivity contribution < 1.29 is 0 Å². The van der Waals surface area contributed by atoms with Crippen LogP contribution in [0.1, 0.15) is 0 Å². The van der Waals surface area contributed by atoms with Crippen molar-refractivity contribution in [2.75, 3.05) is 0 Å². The van der Waals surface area contributed by atoms with E-state index in [9.17, 15) is 9.59 Å². The number of nitrogens with zero attached hydrogens (tertiary/aromatic N) is 3. The molecule has 0 aliphatic carbocycles. The summed E-state index contributed by atoms with van der Waals surface area (Å²) in [7, 11) is 0. The molecule has 0 unspecified atom stereocenters. The van der Waals surface area contributed by atoms with Gasteiger partial charge in [-0.15, -0.1) is 0 Å². The van der Waals surface area contributed by atoms with E-state index in [1.54, 1.807) is 18.5 Å². The Labute approximate surface area is 77.9 Å². The first-order valence-electron chi connectivity index (χ1n) is 3.63. The summed E-state index contributed by atoms with van der Waals surface area (Å²) >= 11 is 0. The van der Waals surface area contributed by atoms with Gasteiger partial charge in [0.25, 0.3) is 0 Å². The topological polar surface area (TPSA) is 104 Å². The van der Waals surface area contributed by atoms with Crippen LogP contribution in [0, 0.1) is 0 Å². The highest BCUT2D eigenvalue weighted by molar-refractivity contribution is 4.74. The number of H-pyrrole nitrogens is 2. The monoisotopic (exact) mass is 193 g/mol. The highest BCUT2D eigenvalue weighted by Gasteiger charge is 1.79. The van der Waals surface area contributed by atoms with Gasteiger partial charge in [-0.05, 0) is 6.07 Å². The van der Waals surface area contributed by atoms with E-state index in [0.717, 1.165) is 6.33 Å². The molecule has 0 fully saturated rings. The number of nitrogens with one attached hydrogen (secondary N) is 2. The number of hydrogen-bond donors (Lipinski definition) is 2. The molecule has 2 rings (SSSR count). The molecule has 0 saturated carbocycles. The van der Waals surface area contributed by atoms with Crippen molar-refractivity contribution in [3.05, 3.63) is 52.1 Å². The van der Waals surface area contributed by atoms with Gasteiger partial charge >= 0.3 is 11.4 Å². The third kappa shape index (κ3) is 3.90. The van der Waals surface area contributed by atoms with E-state index in [1.165, 1.54) is 6.33 Å². The van der Waals surface area contributed by atoms with Crippen LogP contribution in [0.5, 0.6) is 0 Å². The van der Waals surface area contributed by atoms with E-state index in [-0.39, 0.29) is 0 Å². The second kappa shape index (κ2) is 5.36. The van der Waals surface area contributed by atoms with Crippen LogP contribution in [0.3, 0.4) is 0 Å². The fraction of sp³-hybridized carbons (Fsp3) is 0. The predicted octanol–water partition coefficient (Wildman–Crippen LogP) is -1.07. The molecule has 0 aliphatic rings. The quantitative estimate of drug-likeness (QED) is 0.554. The molecule has 2 aromatic heterocycles. The lowest BCUT2D eigenvalue weighted by atomic mass is 10.7. The second-order valence-electron chi connectivity index (χ2n) is 2.07. The van der Waals surface area contributed by atoms with Crippen molar-refractivity contribution in [2.24, 2.45) is 0 Å². The third-order valence-corrected chi connectivity index (χ3v) is 1.08. The number of aromatic amines is 2. The van der Waals surface area contributed by atoms with Crippen LogP contribution in [0.15, 0.2) is 40.7 Å². The molecule has 0 aliphatic heterocycles. The van der Waals surface area contributed by atoms with Gasteiger partial charge in [-0.2, -0.15) is 4.98 Å². The van der Waals surface area contributed by atoms with Crippen LogP contribution in [-0.4, -0.2) is 24.9 Å². The summed E-state index contributed by atoms with van der Waals surface area (Å²) in [6.07, 6.45) is 5.92. The van der Waals surface area contributed by atoms with Crippen LogP contribution >= 0.6 is 0 Å². The van der Waals surface area contributed by atoms with E-state index in [1.807, 2.05) is 4.98 Å². The summed E-state index contributed by atoms with van der Waals surface area (Å²) in [6.45, 7) is 0. The van der Waals surface area contributed by atoms with E-state index in [2.05, 4.69) is 19.9 Å². The predicted molar refractivity (Wildman–Crippen MR) is 47.5 cm³/mol. The van der Waals surface area contributed by atoms with Gasteiger partial charge in [0.05, 0.1) is 0 Å². The zero-order chi connectivity index (χ0) is 10.2. The zero-order valence-electron chi connectivity index (χ0n) is 7.04. The molecule has 0 aromatic carbocycles. The molecular weight excluding hydrogens is 186 g/mol. The molecule has 72 valence electrons. The van der Waals surface area contributed by atoms with E-state index < -0.39 is 11.4 Å². The Hall–Kier alpha value is -2.31. The summed E-state index contributed by atoms with van der Waals surface area (Å²) < 4.78 is 0. The summed E-state index contributed by atoms with van der Waals surface area (Å²) in [5.41, 5.74) is -1.17. The van der Waals surface area contributed by atoms with Gasteiger partial charge in [0, 0.05) is 12.4 Å². The number of hydrogen-bond acceptors (Lipinski definition) is 5. The smallest absolute Gasteiger partial charge is 0.298 e. The maximum absolute atomic E-state index is 10.1. The van der Waals surface area contributed by atoms with Gasteiger partial charge < -0.3 is 0 Å². The Morgan fingerprint density at radius 2 is 1.86 bits per heavy atom. The summed E-state index contributed by atoms with van der Waals surface area (Å²) in [5, 5.41) is 0. The summed E-state index contributed by atoms with van der Waals surface area (Å²) in [5.74, 6) is 0. The van der Waals surface area contributed by atoms with Crippen LogP contribution in [-0.2, 0) is 0 Å². The van der Waals surface area contributed by atoms with Crippen molar-refractivity contribution in [1.82, 2.24) is 24.9 Å². The average molecular weight is 193 g/mol. The fourth-order valence-electron chi connectivity index (χ4n) is 0.568.